The van der Waals surface area contributed by atoms with Crippen molar-refractivity contribution in [2.24, 2.45) is 0 Å². The Morgan fingerprint density at radius 1 is 1.03 bits per heavy atom. The fourth-order valence-corrected chi connectivity index (χ4v) is 3.31. The van der Waals surface area contributed by atoms with E-state index in [0.717, 1.165) is 22.3 Å². The van der Waals surface area contributed by atoms with Crippen LogP contribution in [0.2, 0.25) is 0 Å². The second-order valence-corrected chi connectivity index (χ2v) is 7.11. The van der Waals surface area contributed by atoms with Crippen LogP contribution in [0.5, 0.6) is 0 Å². The van der Waals surface area contributed by atoms with Gasteiger partial charge in [0.2, 0.25) is 5.91 Å². The van der Waals surface area contributed by atoms with Gasteiger partial charge in [-0.1, -0.05) is 30.3 Å². The van der Waals surface area contributed by atoms with E-state index < -0.39 is 0 Å². The molecule has 3 heterocycles. The Balaban J connectivity index is 2.02. The molecule has 4 aromatic rings. The van der Waals surface area contributed by atoms with Crippen molar-refractivity contribution >= 4 is 17.1 Å². The van der Waals surface area contributed by atoms with Crippen molar-refractivity contribution in [2.75, 3.05) is 5.32 Å². The quantitative estimate of drug-likeness (QED) is 0.578. The van der Waals surface area contributed by atoms with Gasteiger partial charge in [-0.3, -0.25) is 9.59 Å². The molecule has 0 radical (unpaired) electrons. The summed E-state index contributed by atoms with van der Waals surface area (Å²) in [6.45, 7) is 5.31. The van der Waals surface area contributed by atoms with E-state index in [1.807, 2.05) is 50.2 Å². The number of carbonyl (C=O) groups is 1. The Morgan fingerprint density at radius 3 is 2.48 bits per heavy atom. The summed E-state index contributed by atoms with van der Waals surface area (Å²) in [4.78, 5) is 23.7. The molecular weight excluding hydrogens is 366 g/mol. The summed E-state index contributed by atoms with van der Waals surface area (Å²) < 4.78 is 3.22. The number of rotatable bonds is 4. The van der Waals surface area contributed by atoms with Gasteiger partial charge in [-0.15, -0.1) is 0 Å². The average Bonchev–Trinajstić information content (AvgIpc) is 3.07. The molecule has 0 saturated heterocycles. The fraction of sp³-hybridized carbons (Fsp3) is 0.182. The molecule has 3 aromatic heterocycles. The van der Waals surface area contributed by atoms with Crippen LogP contribution in [0, 0.1) is 0 Å². The largest absolute Gasteiger partial charge is 0.326 e. The number of amides is 1. The van der Waals surface area contributed by atoms with Gasteiger partial charge in [-0.05, 0) is 32.0 Å². The zero-order valence-corrected chi connectivity index (χ0v) is 16.5. The maximum absolute atomic E-state index is 12.2. The molecular formula is C22H21N5O2. The number of hydrogen-bond acceptors (Lipinski definition) is 4. The predicted molar refractivity (Wildman–Crippen MR) is 113 cm³/mol. The van der Waals surface area contributed by atoms with Gasteiger partial charge in [0.05, 0.1) is 22.8 Å². The Bertz CT molecular complexity index is 1260. The topological polar surface area (TPSA) is 81.3 Å². The highest BCUT2D eigenvalue weighted by atomic mass is 16.1. The first-order chi connectivity index (χ1) is 13.9. The first-order valence-corrected chi connectivity index (χ1v) is 9.39. The summed E-state index contributed by atoms with van der Waals surface area (Å²) in [5.41, 5.74) is 4.45. The number of fused-ring (bicyclic) bond motifs is 1. The highest BCUT2D eigenvalue weighted by molar-refractivity contribution is 5.94. The van der Waals surface area contributed by atoms with E-state index in [9.17, 15) is 9.59 Å². The van der Waals surface area contributed by atoms with Crippen LogP contribution in [0.25, 0.3) is 28.0 Å². The van der Waals surface area contributed by atoms with Crippen LogP contribution >= 0.6 is 0 Å². The number of nitrogens with zero attached hydrogens (tertiary/aromatic N) is 4. The molecule has 0 fully saturated rings. The first kappa shape index (κ1) is 18.6. The summed E-state index contributed by atoms with van der Waals surface area (Å²) >= 11 is 0. The molecule has 7 heteroatoms. The minimum Gasteiger partial charge on any atom is -0.326 e. The van der Waals surface area contributed by atoms with Gasteiger partial charge in [-0.25, -0.2) is 9.20 Å². The minimum absolute atomic E-state index is 0.0700. The second-order valence-electron chi connectivity index (χ2n) is 7.11. The van der Waals surface area contributed by atoms with Gasteiger partial charge in [0.15, 0.2) is 0 Å². The zero-order valence-electron chi connectivity index (χ0n) is 16.5. The Morgan fingerprint density at radius 2 is 1.79 bits per heavy atom. The molecule has 0 unspecified atom stereocenters. The van der Waals surface area contributed by atoms with Crippen molar-refractivity contribution in [2.45, 2.75) is 26.8 Å². The van der Waals surface area contributed by atoms with Crippen molar-refractivity contribution in [3.8, 4) is 22.5 Å². The molecule has 7 nitrogen and oxygen atoms in total. The molecule has 0 saturated carbocycles. The van der Waals surface area contributed by atoms with E-state index in [0.29, 0.717) is 11.4 Å². The molecule has 146 valence electrons. The van der Waals surface area contributed by atoms with E-state index in [4.69, 9.17) is 5.10 Å². The molecule has 0 spiro atoms. The molecule has 0 aliphatic rings. The van der Waals surface area contributed by atoms with Gasteiger partial charge in [-0.2, -0.15) is 10.2 Å². The van der Waals surface area contributed by atoms with Crippen LogP contribution in [-0.2, 0) is 4.79 Å². The summed E-state index contributed by atoms with van der Waals surface area (Å²) in [6, 6.07) is 16.7. The van der Waals surface area contributed by atoms with Crippen LogP contribution in [0.15, 0.2) is 65.6 Å². The van der Waals surface area contributed by atoms with Crippen LogP contribution in [0.3, 0.4) is 0 Å². The predicted octanol–water partition coefficient (Wildman–Crippen LogP) is 3.76. The van der Waals surface area contributed by atoms with Gasteiger partial charge >= 0.3 is 0 Å². The van der Waals surface area contributed by atoms with E-state index in [1.54, 1.807) is 22.8 Å². The lowest BCUT2D eigenvalue weighted by Crippen LogP contribution is -2.23. The number of carbonyl (C=O) groups excluding carboxylic acids is 1. The normalized spacial score (nSPS) is 11.2. The van der Waals surface area contributed by atoms with Crippen molar-refractivity contribution < 1.29 is 4.79 Å². The van der Waals surface area contributed by atoms with Crippen LogP contribution in [0.1, 0.15) is 26.8 Å². The molecule has 29 heavy (non-hydrogen) atoms. The monoisotopic (exact) mass is 387 g/mol. The fourth-order valence-electron chi connectivity index (χ4n) is 3.31. The van der Waals surface area contributed by atoms with Crippen molar-refractivity contribution in [1.82, 2.24) is 19.4 Å². The summed E-state index contributed by atoms with van der Waals surface area (Å²) in [7, 11) is 0. The second kappa shape index (κ2) is 7.35. The highest BCUT2D eigenvalue weighted by Gasteiger charge is 2.19. The van der Waals surface area contributed by atoms with Gasteiger partial charge in [0.25, 0.3) is 5.56 Å². The Hall–Kier alpha value is -3.74. The van der Waals surface area contributed by atoms with E-state index in [1.165, 1.54) is 17.7 Å². The van der Waals surface area contributed by atoms with Crippen molar-refractivity contribution in [1.29, 1.82) is 0 Å². The van der Waals surface area contributed by atoms with Crippen LogP contribution in [-0.4, -0.2) is 25.3 Å². The van der Waals surface area contributed by atoms with Gasteiger partial charge in [0.1, 0.15) is 5.69 Å². The third-order valence-corrected chi connectivity index (χ3v) is 4.57. The molecule has 0 bridgehead atoms. The van der Waals surface area contributed by atoms with Crippen molar-refractivity contribution in [3.05, 3.63) is 71.1 Å². The molecule has 1 N–H and O–H groups in total. The molecule has 0 atom stereocenters. The average molecular weight is 387 g/mol. The maximum atomic E-state index is 12.2. The lowest BCUT2D eigenvalue weighted by atomic mass is 10.0. The molecule has 4 rings (SSSR count). The Labute approximate surface area is 167 Å². The molecule has 0 aliphatic heterocycles. The number of pyridine rings is 1. The summed E-state index contributed by atoms with van der Waals surface area (Å²) in [5.74, 6) is -0.148. The number of nitrogens with one attached hydrogen (secondary N) is 1. The van der Waals surface area contributed by atoms with E-state index >= 15 is 0 Å². The minimum atomic E-state index is -0.152. The van der Waals surface area contributed by atoms with Crippen LogP contribution in [0.4, 0.5) is 5.69 Å². The number of anilines is 1. The number of benzene rings is 1. The smallest absolute Gasteiger partial charge is 0.267 e. The molecule has 1 aromatic carbocycles. The summed E-state index contributed by atoms with van der Waals surface area (Å²) in [6.07, 6.45) is 1.80. The highest BCUT2D eigenvalue weighted by Crippen LogP contribution is 2.34. The molecule has 1 amide bonds. The third kappa shape index (κ3) is 3.54. The third-order valence-electron chi connectivity index (χ3n) is 4.57. The standard InChI is InChI=1S/C22H21N5O2/c1-14(2)27-20(29)10-9-18(24-27)21-19-13-17(23-15(3)28)11-12-26(19)25-22(21)16-7-5-4-6-8-16/h4-14H,1-3H3,(H,23,28). The first-order valence-electron chi connectivity index (χ1n) is 9.39. The lowest BCUT2D eigenvalue weighted by molar-refractivity contribution is -0.114. The number of hydrogen-bond donors (Lipinski definition) is 1. The van der Waals surface area contributed by atoms with Crippen molar-refractivity contribution in [3.63, 3.8) is 0 Å². The van der Waals surface area contributed by atoms with Crippen LogP contribution < -0.4 is 10.9 Å². The maximum Gasteiger partial charge on any atom is 0.267 e. The number of aromatic nitrogens is 4. The van der Waals surface area contributed by atoms with Gasteiger partial charge < -0.3 is 5.32 Å². The molecule has 0 aliphatic carbocycles. The zero-order chi connectivity index (χ0) is 20.5. The Kier molecular flexibility index (Phi) is 4.72. The lowest BCUT2D eigenvalue weighted by Gasteiger charge is -2.11. The SMILES string of the molecule is CC(=O)Nc1ccn2nc(-c3ccccc3)c(-c3ccc(=O)n(C(C)C)n3)c2c1. The van der Waals surface area contributed by atoms with E-state index in [2.05, 4.69) is 10.4 Å². The van der Waals surface area contributed by atoms with E-state index in [-0.39, 0.29) is 17.5 Å². The summed E-state index contributed by atoms with van der Waals surface area (Å²) in [5, 5.41) is 12.2. The van der Waals surface area contributed by atoms with Gasteiger partial charge in [0, 0.05) is 30.4 Å².